The normalized spacial score (nSPS) is 16.4. The maximum Gasteiger partial charge on any atom is 0.335 e. The number of hydrogen-bond donors (Lipinski definition) is 1. The lowest BCUT2D eigenvalue weighted by atomic mass is 10.1. The number of piperazine rings is 1. The summed E-state index contributed by atoms with van der Waals surface area (Å²) in [4.78, 5) is 17.9. The molecular formula is C16H20N4O2S. The zero-order chi connectivity index (χ0) is 16.4. The molecule has 7 heteroatoms. The van der Waals surface area contributed by atoms with Crippen LogP contribution in [-0.4, -0.2) is 66.2 Å². The van der Waals surface area contributed by atoms with E-state index in [1.54, 1.807) is 35.6 Å². The Hall–Kier alpha value is -1.96. The fourth-order valence-corrected chi connectivity index (χ4v) is 3.37. The fourth-order valence-electron chi connectivity index (χ4n) is 2.55. The molecule has 0 aliphatic carbocycles. The van der Waals surface area contributed by atoms with Crippen LogP contribution in [0.25, 0.3) is 11.3 Å². The number of anilines is 1. The molecule has 0 unspecified atom stereocenters. The first kappa shape index (κ1) is 15.9. The van der Waals surface area contributed by atoms with Crippen LogP contribution in [0.3, 0.4) is 0 Å². The van der Waals surface area contributed by atoms with Crippen molar-refractivity contribution in [3.05, 3.63) is 35.2 Å². The van der Waals surface area contributed by atoms with E-state index in [1.807, 2.05) is 12.4 Å². The third-order valence-electron chi connectivity index (χ3n) is 4.10. The van der Waals surface area contributed by atoms with Gasteiger partial charge in [0.25, 0.3) is 0 Å². The first-order valence-corrected chi connectivity index (χ1v) is 8.39. The molecule has 1 aliphatic rings. The average molecular weight is 332 g/mol. The van der Waals surface area contributed by atoms with Crippen molar-refractivity contribution in [2.45, 2.75) is 0 Å². The van der Waals surface area contributed by atoms with Crippen LogP contribution < -0.4 is 5.01 Å². The van der Waals surface area contributed by atoms with Gasteiger partial charge in [-0.1, -0.05) is 12.1 Å². The summed E-state index contributed by atoms with van der Waals surface area (Å²) in [6.07, 6.45) is 0. The maximum atomic E-state index is 10.9. The molecule has 6 nitrogen and oxygen atoms in total. The van der Waals surface area contributed by atoms with Crippen molar-refractivity contribution in [2.24, 2.45) is 0 Å². The van der Waals surface area contributed by atoms with Gasteiger partial charge in [0, 0.05) is 44.2 Å². The van der Waals surface area contributed by atoms with Crippen LogP contribution >= 0.6 is 11.3 Å². The van der Waals surface area contributed by atoms with E-state index in [0.717, 1.165) is 42.6 Å². The van der Waals surface area contributed by atoms with Gasteiger partial charge in [0.1, 0.15) is 0 Å². The van der Waals surface area contributed by atoms with Gasteiger partial charge in [0.15, 0.2) is 5.13 Å². The number of nitrogens with zero attached hydrogens (tertiary/aromatic N) is 4. The molecule has 1 aromatic heterocycles. The number of rotatable bonds is 4. The summed E-state index contributed by atoms with van der Waals surface area (Å²) < 4.78 is 0. The smallest absolute Gasteiger partial charge is 0.335 e. The quantitative estimate of drug-likeness (QED) is 0.925. The Morgan fingerprint density at radius 1 is 1.22 bits per heavy atom. The van der Waals surface area contributed by atoms with Gasteiger partial charge in [-0.3, -0.25) is 5.01 Å². The topological polar surface area (TPSA) is 59.9 Å². The van der Waals surface area contributed by atoms with Crippen LogP contribution in [0.2, 0.25) is 0 Å². The van der Waals surface area contributed by atoms with Crippen molar-refractivity contribution in [2.75, 3.05) is 45.3 Å². The van der Waals surface area contributed by atoms with Crippen LogP contribution in [-0.2, 0) is 0 Å². The third kappa shape index (κ3) is 3.52. The second-order valence-electron chi connectivity index (χ2n) is 5.68. The van der Waals surface area contributed by atoms with E-state index in [2.05, 4.69) is 22.0 Å². The molecule has 3 rings (SSSR count). The summed E-state index contributed by atoms with van der Waals surface area (Å²) in [7, 11) is 4.18. The number of benzene rings is 1. The highest BCUT2D eigenvalue weighted by Crippen LogP contribution is 2.28. The highest BCUT2D eigenvalue weighted by atomic mass is 32.1. The zero-order valence-corrected chi connectivity index (χ0v) is 14.1. The Morgan fingerprint density at radius 3 is 2.48 bits per heavy atom. The van der Waals surface area contributed by atoms with E-state index < -0.39 is 5.97 Å². The number of hydrazine groups is 1. The minimum Gasteiger partial charge on any atom is -0.478 e. The molecule has 0 amide bonds. The summed E-state index contributed by atoms with van der Waals surface area (Å²) in [5.74, 6) is -0.912. The molecule has 1 aliphatic heterocycles. The van der Waals surface area contributed by atoms with E-state index in [1.165, 1.54) is 0 Å². The Kier molecular flexibility index (Phi) is 4.61. The standard InChI is InChI=1S/C16H20N4O2S/c1-18-7-9-20(10-8-18)19(2)16-17-14(11-23-16)12-3-5-13(6-4-12)15(21)22/h3-6,11H,7-10H2,1-2H3,(H,21,22). The summed E-state index contributed by atoms with van der Waals surface area (Å²) in [6, 6.07) is 6.83. The molecule has 0 spiro atoms. The molecule has 1 saturated heterocycles. The van der Waals surface area contributed by atoms with Gasteiger partial charge in [-0.2, -0.15) is 0 Å². The number of aromatic nitrogens is 1. The Bertz CT molecular complexity index is 678. The Labute approximate surface area is 139 Å². The molecule has 1 aromatic carbocycles. The Balaban J connectivity index is 1.73. The SMILES string of the molecule is CN1CCN(N(C)c2nc(-c3ccc(C(=O)O)cc3)cs2)CC1. The Morgan fingerprint density at radius 2 is 1.87 bits per heavy atom. The van der Waals surface area contributed by atoms with Crippen molar-refractivity contribution in [1.82, 2.24) is 14.9 Å². The average Bonchev–Trinajstić information content (AvgIpc) is 3.05. The highest BCUT2D eigenvalue weighted by molar-refractivity contribution is 7.14. The maximum absolute atomic E-state index is 10.9. The molecule has 0 saturated carbocycles. The second-order valence-corrected chi connectivity index (χ2v) is 6.51. The summed E-state index contributed by atoms with van der Waals surface area (Å²) in [6.45, 7) is 4.10. The molecule has 0 atom stereocenters. The number of carbonyl (C=O) groups is 1. The summed E-state index contributed by atoms with van der Waals surface area (Å²) in [5.41, 5.74) is 2.10. The number of hydrogen-bond acceptors (Lipinski definition) is 6. The second kappa shape index (κ2) is 6.66. The van der Waals surface area contributed by atoms with E-state index in [4.69, 9.17) is 10.1 Å². The summed E-state index contributed by atoms with van der Waals surface area (Å²) >= 11 is 1.60. The van der Waals surface area contributed by atoms with Gasteiger partial charge < -0.3 is 10.0 Å². The van der Waals surface area contributed by atoms with Crippen LogP contribution in [0, 0.1) is 0 Å². The van der Waals surface area contributed by atoms with Gasteiger partial charge in [-0.05, 0) is 19.2 Å². The van der Waals surface area contributed by atoms with Crippen molar-refractivity contribution < 1.29 is 9.90 Å². The predicted octanol–water partition coefficient (Wildman–Crippen LogP) is 2.11. The van der Waals surface area contributed by atoms with Gasteiger partial charge in [-0.15, -0.1) is 11.3 Å². The third-order valence-corrected chi connectivity index (χ3v) is 5.01. The number of carboxylic acid groups (broad SMARTS) is 1. The molecule has 23 heavy (non-hydrogen) atoms. The van der Waals surface area contributed by atoms with Crippen molar-refractivity contribution in [1.29, 1.82) is 0 Å². The van der Waals surface area contributed by atoms with Gasteiger partial charge in [-0.25, -0.2) is 14.8 Å². The van der Waals surface area contributed by atoms with E-state index in [9.17, 15) is 4.79 Å². The molecular weight excluding hydrogens is 312 g/mol. The van der Waals surface area contributed by atoms with Crippen LogP contribution in [0.1, 0.15) is 10.4 Å². The monoisotopic (exact) mass is 332 g/mol. The molecule has 1 N–H and O–H groups in total. The number of aromatic carboxylic acids is 1. The molecule has 0 bridgehead atoms. The first-order valence-electron chi connectivity index (χ1n) is 7.51. The molecule has 0 radical (unpaired) electrons. The van der Waals surface area contributed by atoms with E-state index >= 15 is 0 Å². The lowest BCUT2D eigenvalue weighted by molar-refractivity contribution is 0.0697. The van der Waals surface area contributed by atoms with Crippen LogP contribution in [0.5, 0.6) is 0 Å². The first-order chi connectivity index (χ1) is 11.0. The fraction of sp³-hybridized carbons (Fsp3) is 0.375. The van der Waals surface area contributed by atoms with E-state index in [-0.39, 0.29) is 0 Å². The molecule has 122 valence electrons. The number of thiazole rings is 1. The molecule has 1 fully saturated rings. The predicted molar refractivity (Wildman–Crippen MR) is 92.0 cm³/mol. The minimum atomic E-state index is -0.912. The van der Waals surface area contributed by atoms with Crippen molar-refractivity contribution in [3.63, 3.8) is 0 Å². The lowest BCUT2D eigenvalue weighted by Crippen LogP contribution is -2.51. The van der Waals surface area contributed by atoms with E-state index in [0.29, 0.717) is 5.56 Å². The van der Waals surface area contributed by atoms with Crippen LogP contribution in [0.4, 0.5) is 5.13 Å². The molecule has 2 heterocycles. The highest BCUT2D eigenvalue weighted by Gasteiger charge is 2.20. The largest absolute Gasteiger partial charge is 0.478 e. The molecule has 2 aromatic rings. The van der Waals surface area contributed by atoms with Gasteiger partial charge in [0.05, 0.1) is 11.3 Å². The lowest BCUT2D eigenvalue weighted by Gasteiger charge is -2.37. The minimum absolute atomic E-state index is 0.291. The van der Waals surface area contributed by atoms with Crippen LogP contribution in [0.15, 0.2) is 29.6 Å². The number of likely N-dealkylation sites (N-methyl/N-ethyl adjacent to an activating group) is 1. The van der Waals surface area contributed by atoms with Gasteiger partial charge >= 0.3 is 5.97 Å². The number of carboxylic acids is 1. The summed E-state index contributed by atoms with van der Waals surface area (Å²) in [5, 5.41) is 16.3. The van der Waals surface area contributed by atoms with Gasteiger partial charge in [0.2, 0.25) is 0 Å². The van der Waals surface area contributed by atoms with Crippen molar-refractivity contribution >= 4 is 22.4 Å². The zero-order valence-electron chi connectivity index (χ0n) is 13.3. The van der Waals surface area contributed by atoms with Crippen molar-refractivity contribution in [3.8, 4) is 11.3 Å².